The molecule has 2 aromatic carbocycles. The van der Waals surface area contributed by atoms with Crippen molar-refractivity contribution in [3.8, 4) is 11.1 Å². The van der Waals surface area contributed by atoms with Crippen molar-refractivity contribution in [1.29, 1.82) is 0 Å². The van der Waals surface area contributed by atoms with E-state index in [-0.39, 0.29) is 22.7 Å². The van der Waals surface area contributed by atoms with Gasteiger partial charge in [-0.15, -0.1) is 11.3 Å². The third-order valence-corrected chi connectivity index (χ3v) is 5.39. The molecule has 32 heavy (non-hydrogen) atoms. The molecule has 0 saturated heterocycles. The number of nitrogens with one attached hydrogen (secondary N) is 1. The number of hydrogen-bond donors (Lipinski definition) is 1. The summed E-state index contributed by atoms with van der Waals surface area (Å²) in [6.45, 7) is 3.68. The Bertz CT molecular complexity index is 1220. The molecular formula is C21H17N3O7S. The summed E-state index contributed by atoms with van der Waals surface area (Å²) >= 11 is 1.06. The van der Waals surface area contributed by atoms with E-state index in [1.807, 2.05) is 31.2 Å². The molecular weight excluding hydrogens is 438 g/mol. The Morgan fingerprint density at radius 3 is 2.34 bits per heavy atom. The molecule has 0 atom stereocenters. The normalized spacial score (nSPS) is 10.4. The van der Waals surface area contributed by atoms with Crippen molar-refractivity contribution in [1.82, 2.24) is 0 Å². The largest absolute Gasteiger partial charge is 0.462 e. The summed E-state index contributed by atoms with van der Waals surface area (Å²) in [7, 11) is 0. The summed E-state index contributed by atoms with van der Waals surface area (Å²) in [5.41, 5.74) is 0.821. The minimum Gasteiger partial charge on any atom is -0.462 e. The number of esters is 1. The van der Waals surface area contributed by atoms with Crippen molar-refractivity contribution in [2.45, 2.75) is 13.8 Å². The van der Waals surface area contributed by atoms with E-state index in [2.05, 4.69) is 5.32 Å². The minimum atomic E-state index is -0.880. The van der Waals surface area contributed by atoms with Gasteiger partial charge in [-0.2, -0.15) is 0 Å². The number of non-ortho nitro benzene ring substituents is 1. The number of rotatable bonds is 7. The first-order chi connectivity index (χ1) is 15.2. The first-order valence-corrected chi connectivity index (χ1v) is 10.2. The van der Waals surface area contributed by atoms with Crippen molar-refractivity contribution in [2.24, 2.45) is 0 Å². The maximum atomic E-state index is 12.8. The van der Waals surface area contributed by atoms with Crippen LogP contribution in [0.15, 0.2) is 47.8 Å². The van der Waals surface area contributed by atoms with Gasteiger partial charge in [-0.1, -0.05) is 29.8 Å². The van der Waals surface area contributed by atoms with Crippen LogP contribution in [0.5, 0.6) is 0 Å². The molecule has 0 aliphatic rings. The van der Waals surface area contributed by atoms with E-state index in [1.54, 1.807) is 12.3 Å². The second kappa shape index (κ2) is 9.35. The summed E-state index contributed by atoms with van der Waals surface area (Å²) in [6.07, 6.45) is 0. The maximum absolute atomic E-state index is 12.8. The van der Waals surface area contributed by atoms with Crippen molar-refractivity contribution < 1.29 is 24.2 Å². The lowest BCUT2D eigenvalue weighted by atomic mass is 10.0. The van der Waals surface area contributed by atoms with E-state index in [9.17, 15) is 29.8 Å². The Morgan fingerprint density at radius 1 is 1.06 bits per heavy atom. The summed E-state index contributed by atoms with van der Waals surface area (Å²) in [6, 6.07) is 10.1. The van der Waals surface area contributed by atoms with Gasteiger partial charge in [0, 0.05) is 17.0 Å². The van der Waals surface area contributed by atoms with Gasteiger partial charge in [0.2, 0.25) is 0 Å². The van der Waals surface area contributed by atoms with E-state index < -0.39 is 33.1 Å². The average molecular weight is 455 g/mol. The van der Waals surface area contributed by atoms with Crippen LogP contribution in [0.4, 0.5) is 16.4 Å². The zero-order valence-electron chi connectivity index (χ0n) is 17.0. The number of carbonyl (C=O) groups excluding carboxylic acids is 2. The zero-order valence-corrected chi connectivity index (χ0v) is 17.8. The predicted octanol–water partition coefficient (Wildman–Crippen LogP) is 4.97. The molecule has 0 fully saturated rings. The highest BCUT2D eigenvalue weighted by atomic mass is 32.1. The third-order valence-electron chi connectivity index (χ3n) is 4.49. The van der Waals surface area contributed by atoms with Gasteiger partial charge < -0.3 is 10.1 Å². The number of nitro benzene ring substituents is 2. The topological polar surface area (TPSA) is 142 Å². The second-order valence-electron chi connectivity index (χ2n) is 6.61. The molecule has 1 amide bonds. The number of anilines is 1. The number of thiophene rings is 1. The van der Waals surface area contributed by atoms with Gasteiger partial charge in [-0.05, 0) is 25.5 Å². The van der Waals surface area contributed by atoms with E-state index >= 15 is 0 Å². The summed E-state index contributed by atoms with van der Waals surface area (Å²) in [5.74, 6) is -1.53. The van der Waals surface area contributed by atoms with Gasteiger partial charge >= 0.3 is 5.97 Å². The molecule has 10 nitrogen and oxygen atoms in total. The van der Waals surface area contributed by atoms with Crippen LogP contribution in [-0.4, -0.2) is 28.3 Å². The fourth-order valence-corrected chi connectivity index (χ4v) is 3.90. The molecule has 11 heteroatoms. The standard InChI is InChI=1S/C21H17N3O7S/c1-3-31-21(26)18-16(13-6-4-12(2)5-7-13)11-32-20(18)22-19(25)15-9-8-14(23(27)28)10-17(15)24(29)30/h4-11H,3H2,1-2H3,(H,22,25). The Morgan fingerprint density at radius 2 is 1.75 bits per heavy atom. The first kappa shape index (κ1) is 22.6. The summed E-state index contributed by atoms with van der Waals surface area (Å²) in [5, 5.41) is 26.6. The number of ether oxygens (including phenoxy) is 1. The van der Waals surface area contributed by atoms with Crippen molar-refractivity contribution in [3.05, 3.63) is 84.8 Å². The number of amides is 1. The van der Waals surface area contributed by atoms with Crippen molar-refractivity contribution in [2.75, 3.05) is 11.9 Å². The first-order valence-electron chi connectivity index (χ1n) is 9.32. The molecule has 0 spiro atoms. The lowest BCUT2D eigenvalue weighted by Crippen LogP contribution is -2.16. The molecule has 1 heterocycles. The highest BCUT2D eigenvalue weighted by molar-refractivity contribution is 7.15. The summed E-state index contributed by atoms with van der Waals surface area (Å²) < 4.78 is 5.14. The van der Waals surface area contributed by atoms with Crippen molar-refractivity contribution >= 4 is 39.6 Å². The van der Waals surface area contributed by atoms with Crippen LogP contribution in [0.25, 0.3) is 11.1 Å². The molecule has 3 aromatic rings. The third kappa shape index (κ3) is 4.62. The van der Waals surface area contributed by atoms with Gasteiger partial charge in [0.05, 0.1) is 22.5 Å². The van der Waals surface area contributed by atoms with Gasteiger partial charge in [-0.3, -0.25) is 25.0 Å². The van der Waals surface area contributed by atoms with E-state index in [0.717, 1.165) is 34.6 Å². The quantitative estimate of drug-likeness (QED) is 0.301. The number of carbonyl (C=O) groups is 2. The maximum Gasteiger partial charge on any atom is 0.341 e. The molecule has 0 bridgehead atoms. The van der Waals surface area contributed by atoms with Gasteiger partial charge in [0.25, 0.3) is 17.3 Å². The zero-order chi connectivity index (χ0) is 23.4. The molecule has 0 unspecified atom stereocenters. The molecule has 164 valence electrons. The van der Waals surface area contributed by atoms with Crippen LogP contribution in [-0.2, 0) is 4.74 Å². The fourth-order valence-electron chi connectivity index (χ4n) is 2.95. The SMILES string of the molecule is CCOC(=O)c1c(-c2ccc(C)cc2)csc1NC(=O)c1ccc([N+](=O)[O-])cc1[N+](=O)[O-]. The Labute approximate surface area is 185 Å². The molecule has 3 rings (SSSR count). The fraction of sp³-hybridized carbons (Fsp3) is 0.143. The molecule has 1 aromatic heterocycles. The average Bonchev–Trinajstić information content (AvgIpc) is 3.17. The second-order valence-corrected chi connectivity index (χ2v) is 7.49. The van der Waals surface area contributed by atoms with Crippen LogP contribution < -0.4 is 5.32 Å². The number of aryl methyl sites for hydroxylation is 1. The molecule has 0 aliphatic heterocycles. The lowest BCUT2D eigenvalue weighted by Gasteiger charge is -2.09. The van der Waals surface area contributed by atoms with Gasteiger partial charge in [-0.25, -0.2) is 4.79 Å². The highest BCUT2D eigenvalue weighted by Gasteiger charge is 2.27. The van der Waals surface area contributed by atoms with E-state index in [1.165, 1.54) is 0 Å². The number of nitrogens with zero attached hydrogens (tertiary/aromatic N) is 2. The Balaban J connectivity index is 2.03. The number of hydrogen-bond acceptors (Lipinski definition) is 8. The lowest BCUT2D eigenvalue weighted by molar-refractivity contribution is -0.394. The Kier molecular flexibility index (Phi) is 6.59. The van der Waals surface area contributed by atoms with E-state index in [0.29, 0.717) is 11.6 Å². The van der Waals surface area contributed by atoms with Gasteiger partial charge in [0.1, 0.15) is 16.1 Å². The Hall–Kier alpha value is -4.12. The van der Waals surface area contributed by atoms with Crippen molar-refractivity contribution in [3.63, 3.8) is 0 Å². The van der Waals surface area contributed by atoms with Crippen LogP contribution >= 0.6 is 11.3 Å². The molecule has 0 aliphatic carbocycles. The molecule has 1 N–H and O–H groups in total. The smallest absolute Gasteiger partial charge is 0.341 e. The highest BCUT2D eigenvalue weighted by Crippen LogP contribution is 2.37. The number of benzene rings is 2. The van der Waals surface area contributed by atoms with Gasteiger partial charge in [0.15, 0.2) is 0 Å². The minimum absolute atomic E-state index is 0.114. The van der Waals surface area contributed by atoms with Crippen LogP contribution in [0, 0.1) is 27.2 Å². The predicted molar refractivity (Wildman–Crippen MR) is 118 cm³/mol. The monoisotopic (exact) mass is 455 g/mol. The summed E-state index contributed by atoms with van der Waals surface area (Å²) in [4.78, 5) is 46.1. The van der Waals surface area contributed by atoms with Crippen LogP contribution in [0.3, 0.4) is 0 Å². The van der Waals surface area contributed by atoms with Crippen LogP contribution in [0.2, 0.25) is 0 Å². The molecule has 0 radical (unpaired) electrons. The van der Waals surface area contributed by atoms with Crippen LogP contribution in [0.1, 0.15) is 33.2 Å². The van der Waals surface area contributed by atoms with E-state index in [4.69, 9.17) is 4.74 Å². The number of nitro groups is 2. The molecule has 0 saturated carbocycles.